The van der Waals surface area contributed by atoms with Crippen LogP contribution >= 0.6 is 0 Å². The standard InChI is InChI=1S/C17H17F3N2/c1-11-16(15-8-4-5-9-22(15)21-11)10-14(17(18,19)20)12-6-2-3-7-13(12)16/h2-3,6-7,10,15H,4-5,8-9H2,1H3. The zero-order valence-electron chi connectivity index (χ0n) is 12.3. The van der Waals surface area contributed by atoms with E-state index in [4.69, 9.17) is 0 Å². The molecule has 2 unspecified atom stereocenters. The van der Waals surface area contributed by atoms with E-state index in [9.17, 15) is 13.2 Å². The second kappa shape index (κ2) is 4.37. The first-order valence-corrected chi connectivity index (χ1v) is 7.67. The van der Waals surface area contributed by atoms with Gasteiger partial charge in [0.2, 0.25) is 0 Å². The molecule has 0 N–H and O–H groups in total. The summed E-state index contributed by atoms with van der Waals surface area (Å²) >= 11 is 0. The van der Waals surface area contributed by atoms with Crippen molar-refractivity contribution in [2.75, 3.05) is 6.54 Å². The predicted molar refractivity (Wildman–Crippen MR) is 79.6 cm³/mol. The van der Waals surface area contributed by atoms with Gasteiger partial charge in [0.25, 0.3) is 0 Å². The molecule has 1 aromatic rings. The summed E-state index contributed by atoms with van der Waals surface area (Å²) in [6.45, 7) is 2.70. The third kappa shape index (κ3) is 1.65. The molecule has 4 rings (SSSR count). The van der Waals surface area contributed by atoms with Crippen molar-refractivity contribution in [2.45, 2.75) is 43.8 Å². The maximum Gasteiger partial charge on any atom is 0.416 e. The van der Waals surface area contributed by atoms with Gasteiger partial charge in [0, 0.05) is 6.54 Å². The molecular formula is C17H17F3N2. The summed E-state index contributed by atoms with van der Waals surface area (Å²) in [5, 5.41) is 6.60. The number of fused-ring (bicyclic) bond motifs is 4. The summed E-state index contributed by atoms with van der Waals surface area (Å²) in [5.74, 6) is 0. The molecule has 0 saturated carbocycles. The fourth-order valence-electron chi connectivity index (χ4n) is 4.29. The largest absolute Gasteiger partial charge is 0.416 e. The molecule has 2 heterocycles. The van der Waals surface area contributed by atoms with Crippen LogP contribution < -0.4 is 0 Å². The van der Waals surface area contributed by atoms with Crippen molar-refractivity contribution in [3.8, 4) is 0 Å². The molecule has 3 aliphatic rings. The Kier molecular flexibility index (Phi) is 2.75. The van der Waals surface area contributed by atoms with E-state index >= 15 is 0 Å². The number of allylic oxidation sites excluding steroid dienone is 1. The second-order valence-corrected chi connectivity index (χ2v) is 6.33. The lowest BCUT2D eigenvalue weighted by atomic mass is 9.71. The summed E-state index contributed by atoms with van der Waals surface area (Å²) in [7, 11) is 0. The smallest absolute Gasteiger partial charge is 0.292 e. The van der Waals surface area contributed by atoms with Crippen LogP contribution in [0.3, 0.4) is 0 Å². The van der Waals surface area contributed by atoms with Crippen LogP contribution in [0.1, 0.15) is 37.3 Å². The molecule has 0 bridgehead atoms. The van der Waals surface area contributed by atoms with Gasteiger partial charge in [0.1, 0.15) is 0 Å². The minimum absolute atomic E-state index is 0.0160. The Balaban J connectivity index is 1.95. The number of rotatable bonds is 0. The van der Waals surface area contributed by atoms with E-state index in [0.717, 1.165) is 37.1 Å². The number of benzene rings is 1. The predicted octanol–water partition coefficient (Wildman–Crippen LogP) is 4.13. The van der Waals surface area contributed by atoms with E-state index in [2.05, 4.69) is 5.10 Å². The molecule has 22 heavy (non-hydrogen) atoms. The van der Waals surface area contributed by atoms with Crippen molar-refractivity contribution in [1.82, 2.24) is 5.01 Å². The van der Waals surface area contributed by atoms with Gasteiger partial charge in [-0.3, -0.25) is 5.01 Å². The van der Waals surface area contributed by atoms with Gasteiger partial charge < -0.3 is 0 Å². The first-order valence-electron chi connectivity index (χ1n) is 7.67. The molecule has 0 aromatic heterocycles. The molecule has 2 aliphatic heterocycles. The van der Waals surface area contributed by atoms with Crippen LogP contribution in [0.15, 0.2) is 35.4 Å². The van der Waals surface area contributed by atoms with E-state index in [-0.39, 0.29) is 6.04 Å². The molecular weight excluding hydrogens is 289 g/mol. The fourth-order valence-corrected chi connectivity index (χ4v) is 4.29. The summed E-state index contributed by atoms with van der Waals surface area (Å²) < 4.78 is 40.5. The lowest BCUT2D eigenvalue weighted by Gasteiger charge is -2.38. The van der Waals surface area contributed by atoms with Crippen molar-refractivity contribution < 1.29 is 13.2 Å². The number of nitrogens with zero attached hydrogens (tertiary/aromatic N) is 2. The Bertz CT molecular complexity index is 689. The SMILES string of the molecule is CC1=NN2CCCCC2C12C=C(C(F)(F)F)c1ccccc12. The quantitative estimate of drug-likeness (QED) is 0.704. The highest BCUT2D eigenvalue weighted by atomic mass is 19.4. The van der Waals surface area contributed by atoms with E-state index in [1.165, 1.54) is 6.08 Å². The molecule has 1 spiro atoms. The van der Waals surface area contributed by atoms with Crippen LogP contribution in [0.25, 0.3) is 5.57 Å². The van der Waals surface area contributed by atoms with Gasteiger partial charge in [-0.05, 0) is 37.3 Å². The van der Waals surface area contributed by atoms with Gasteiger partial charge in [-0.2, -0.15) is 18.3 Å². The maximum atomic E-state index is 13.5. The van der Waals surface area contributed by atoms with Crippen molar-refractivity contribution >= 4 is 11.3 Å². The first kappa shape index (κ1) is 13.9. The molecule has 5 heteroatoms. The summed E-state index contributed by atoms with van der Waals surface area (Å²) in [5.41, 5.74) is 0.646. The average molecular weight is 306 g/mol. The van der Waals surface area contributed by atoms with E-state index in [0.29, 0.717) is 5.56 Å². The number of halogens is 3. The number of alkyl halides is 3. The van der Waals surface area contributed by atoms with Crippen LogP contribution in [0.5, 0.6) is 0 Å². The Morgan fingerprint density at radius 2 is 2.00 bits per heavy atom. The Morgan fingerprint density at radius 3 is 2.77 bits per heavy atom. The molecule has 1 fully saturated rings. The van der Waals surface area contributed by atoms with Crippen molar-refractivity contribution in [3.05, 3.63) is 41.5 Å². The van der Waals surface area contributed by atoms with Crippen LogP contribution in [-0.4, -0.2) is 29.5 Å². The monoisotopic (exact) mass is 306 g/mol. The third-order valence-electron chi connectivity index (χ3n) is 5.22. The van der Waals surface area contributed by atoms with E-state index < -0.39 is 17.2 Å². The molecule has 116 valence electrons. The zero-order valence-corrected chi connectivity index (χ0v) is 12.3. The molecule has 2 atom stereocenters. The molecule has 0 radical (unpaired) electrons. The van der Waals surface area contributed by atoms with Crippen LogP contribution in [-0.2, 0) is 5.41 Å². The average Bonchev–Trinajstić information content (AvgIpc) is 2.98. The third-order valence-corrected chi connectivity index (χ3v) is 5.22. The molecule has 1 saturated heterocycles. The van der Waals surface area contributed by atoms with Crippen LogP contribution in [0.4, 0.5) is 13.2 Å². The van der Waals surface area contributed by atoms with Crippen molar-refractivity contribution in [3.63, 3.8) is 0 Å². The zero-order chi connectivity index (χ0) is 15.5. The first-order chi connectivity index (χ1) is 10.4. The van der Waals surface area contributed by atoms with Gasteiger partial charge in [-0.25, -0.2) is 0 Å². The highest BCUT2D eigenvalue weighted by Crippen LogP contribution is 2.53. The Morgan fingerprint density at radius 1 is 1.23 bits per heavy atom. The van der Waals surface area contributed by atoms with E-state index in [1.54, 1.807) is 12.1 Å². The normalized spacial score (nSPS) is 30.2. The number of hydrogen-bond donors (Lipinski definition) is 0. The van der Waals surface area contributed by atoms with Crippen molar-refractivity contribution in [1.29, 1.82) is 0 Å². The summed E-state index contributed by atoms with van der Waals surface area (Å²) in [4.78, 5) is 0. The fraction of sp³-hybridized carbons (Fsp3) is 0.471. The highest BCUT2D eigenvalue weighted by Gasteiger charge is 2.56. The van der Waals surface area contributed by atoms with Gasteiger partial charge >= 0.3 is 6.18 Å². The lowest BCUT2D eigenvalue weighted by molar-refractivity contribution is -0.0688. The molecule has 1 aromatic carbocycles. The maximum absolute atomic E-state index is 13.5. The van der Waals surface area contributed by atoms with Crippen LogP contribution in [0, 0.1) is 0 Å². The molecule has 1 aliphatic carbocycles. The topological polar surface area (TPSA) is 15.6 Å². The highest BCUT2D eigenvalue weighted by molar-refractivity contribution is 6.03. The van der Waals surface area contributed by atoms with Crippen molar-refractivity contribution in [2.24, 2.45) is 5.10 Å². The van der Waals surface area contributed by atoms with Gasteiger partial charge in [0.05, 0.1) is 22.7 Å². The lowest BCUT2D eigenvalue weighted by Crippen LogP contribution is -2.46. The Labute approximate surface area is 127 Å². The Hall–Kier alpha value is -1.78. The second-order valence-electron chi connectivity index (χ2n) is 6.33. The van der Waals surface area contributed by atoms with Gasteiger partial charge in [-0.15, -0.1) is 0 Å². The number of piperidine rings is 1. The van der Waals surface area contributed by atoms with E-state index in [1.807, 2.05) is 24.1 Å². The number of hydrogen-bond acceptors (Lipinski definition) is 2. The molecule has 0 amide bonds. The minimum Gasteiger partial charge on any atom is -0.292 e. The minimum atomic E-state index is -4.33. The number of hydrazone groups is 1. The summed E-state index contributed by atoms with van der Waals surface area (Å²) in [6.07, 6.45) is 0.0925. The van der Waals surface area contributed by atoms with Gasteiger partial charge in [0.15, 0.2) is 0 Å². The van der Waals surface area contributed by atoms with Gasteiger partial charge in [-0.1, -0.05) is 30.3 Å². The van der Waals surface area contributed by atoms with Crippen LogP contribution in [0.2, 0.25) is 0 Å². The molecule has 2 nitrogen and oxygen atoms in total. The summed E-state index contributed by atoms with van der Waals surface area (Å²) in [6, 6.07) is 6.94.